The van der Waals surface area contributed by atoms with E-state index < -0.39 is 11.7 Å². The van der Waals surface area contributed by atoms with Gasteiger partial charge in [-0.1, -0.05) is 12.1 Å². The van der Waals surface area contributed by atoms with Crippen molar-refractivity contribution in [3.63, 3.8) is 0 Å². The molecule has 6 nitrogen and oxygen atoms in total. The van der Waals surface area contributed by atoms with Crippen molar-refractivity contribution in [1.82, 2.24) is 19.6 Å². The number of hydrogen-bond acceptors (Lipinski definition) is 4. The normalized spacial score (nSPS) is 15.5. The predicted molar refractivity (Wildman–Crippen MR) is 110 cm³/mol. The molecular weight excluding hydrogens is 381 g/mol. The van der Waals surface area contributed by atoms with E-state index in [4.69, 9.17) is 5.73 Å². The van der Waals surface area contributed by atoms with E-state index in [0.717, 1.165) is 38.4 Å². The minimum absolute atomic E-state index is 0. The molecule has 2 N–H and O–H groups in total. The molecule has 3 aromatic rings. The number of hydrogen-bond donors (Lipinski definition) is 1. The van der Waals surface area contributed by atoms with Crippen LogP contribution in [0.2, 0.25) is 0 Å². The zero-order chi connectivity index (χ0) is 19.0. The summed E-state index contributed by atoms with van der Waals surface area (Å²) in [6, 6.07) is 10.7. The summed E-state index contributed by atoms with van der Waals surface area (Å²) >= 11 is 0. The van der Waals surface area contributed by atoms with E-state index in [1.54, 1.807) is 10.9 Å². The summed E-state index contributed by atoms with van der Waals surface area (Å²) in [5.74, 6) is -1.04. The summed E-state index contributed by atoms with van der Waals surface area (Å²) in [7, 11) is 2.15. The van der Waals surface area contributed by atoms with Gasteiger partial charge in [0.2, 0.25) is 0 Å². The van der Waals surface area contributed by atoms with Crippen molar-refractivity contribution < 1.29 is 9.18 Å². The molecule has 148 valence electrons. The molecule has 0 bridgehead atoms. The van der Waals surface area contributed by atoms with Crippen molar-refractivity contribution >= 4 is 29.2 Å². The highest BCUT2D eigenvalue weighted by molar-refractivity contribution is 6.04. The summed E-state index contributed by atoms with van der Waals surface area (Å²) in [6.07, 6.45) is 1.59. The lowest BCUT2D eigenvalue weighted by Crippen LogP contribution is -2.43. The number of nitrogens with two attached hydrogens (primary N) is 1. The van der Waals surface area contributed by atoms with Crippen LogP contribution in [0.3, 0.4) is 0 Å². The first-order valence-corrected chi connectivity index (χ1v) is 8.99. The lowest BCUT2D eigenvalue weighted by atomic mass is 10.1. The van der Waals surface area contributed by atoms with Crippen molar-refractivity contribution in [3.8, 4) is 5.69 Å². The molecule has 2 heterocycles. The highest BCUT2D eigenvalue weighted by Gasteiger charge is 2.16. The maximum atomic E-state index is 14.1. The second-order valence-electron chi connectivity index (χ2n) is 7.04. The number of amides is 1. The van der Waals surface area contributed by atoms with Crippen molar-refractivity contribution in [3.05, 3.63) is 59.5 Å². The van der Waals surface area contributed by atoms with Gasteiger partial charge in [0.15, 0.2) is 0 Å². The van der Waals surface area contributed by atoms with E-state index in [1.807, 2.05) is 12.1 Å². The third kappa shape index (κ3) is 4.01. The number of carbonyl (C=O) groups is 1. The van der Waals surface area contributed by atoms with Crippen molar-refractivity contribution in [2.75, 3.05) is 33.2 Å². The molecular formula is C20H23ClFN5O. The number of halogens is 2. The van der Waals surface area contributed by atoms with Crippen LogP contribution in [-0.4, -0.2) is 58.7 Å². The van der Waals surface area contributed by atoms with Gasteiger partial charge in [-0.05, 0) is 36.9 Å². The maximum Gasteiger partial charge on any atom is 0.250 e. The Bertz CT molecular complexity index is 980. The topological polar surface area (TPSA) is 67.4 Å². The smallest absolute Gasteiger partial charge is 0.250 e. The van der Waals surface area contributed by atoms with Crippen molar-refractivity contribution in [1.29, 1.82) is 0 Å². The van der Waals surface area contributed by atoms with Gasteiger partial charge >= 0.3 is 0 Å². The van der Waals surface area contributed by atoms with Crippen molar-refractivity contribution in [2.24, 2.45) is 5.73 Å². The molecule has 1 amide bonds. The van der Waals surface area contributed by atoms with Crippen LogP contribution in [0.5, 0.6) is 0 Å². The van der Waals surface area contributed by atoms with E-state index in [1.165, 1.54) is 17.7 Å². The minimum atomic E-state index is -0.618. The van der Waals surface area contributed by atoms with Crippen LogP contribution >= 0.6 is 12.4 Å². The molecule has 0 spiro atoms. The summed E-state index contributed by atoms with van der Waals surface area (Å²) in [4.78, 5) is 16.3. The maximum absolute atomic E-state index is 14.1. The van der Waals surface area contributed by atoms with Crippen LogP contribution in [-0.2, 0) is 6.54 Å². The number of fused-ring (bicyclic) bond motifs is 1. The van der Waals surface area contributed by atoms with Gasteiger partial charge in [0, 0.05) is 38.9 Å². The molecule has 1 saturated heterocycles. The van der Waals surface area contributed by atoms with E-state index >= 15 is 0 Å². The van der Waals surface area contributed by atoms with E-state index in [2.05, 4.69) is 34.1 Å². The monoisotopic (exact) mass is 403 g/mol. The molecule has 0 radical (unpaired) electrons. The largest absolute Gasteiger partial charge is 0.366 e. The average molecular weight is 404 g/mol. The van der Waals surface area contributed by atoms with Crippen LogP contribution in [0.1, 0.15) is 15.9 Å². The molecule has 1 fully saturated rings. The molecule has 1 aliphatic rings. The second kappa shape index (κ2) is 8.26. The number of likely N-dealkylation sites (N-methyl/N-ethyl adjacent to an activating group) is 1. The zero-order valence-corrected chi connectivity index (χ0v) is 16.5. The summed E-state index contributed by atoms with van der Waals surface area (Å²) < 4.78 is 15.7. The predicted octanol–water partition coefficient (Wildman–Crippen LogP) is 2.43. The Labute approximate surface area is 169 Å². The first-order chi connectivity index (χ1) is 13.0. The van der Waals surface area contributed by atoms with Crippen LogP contribution in [0, 0.1) is 5.82 Å². The fourth-order valence-corrected chi connectivity index (χ4v) is 3.42. The summed E-state index contributed by atoms with van der Waals surface area (Å²) in [5.41, 5.74) is 7.91. The van der Waals surface area contributed by atoms with Gasteiger partial charge in [-0.2, -0.15) is 5.10 Å². The van der Waals surface area contributed by atoms with Gasteiger partial charge in [-0.25, -0.2) is 9.07 Å². The Morgan fingerprint density at radius 1 is 1.11 bits per heavy atom. The lowest BCUT2D eigenvalue weighted by Gasteiger charge is -2.32. The van der Waals surface area contributed by atoms with Crippen molar-refractivity contribution in [2.45, 2.75) is 6.54 Å². The highest BCUT2D eigenvalue weighted by atomic mass is 35.5. The van der Waals surface area contributed by atoms with Gasteiger partial charge < -0.3 is 10.6 Å². The molecule has 28 heavy (non-hydrogen) atoms. The molecule has 1 aliphatic heterocycles. The quantitative estimate of drug-likeness (QED) is 0.726. The Kier molecular flexibility index (Phi) is 5.98. The number of carbonyl (C=O) groups excluding carboxylic acids is 1. The third-order valence-electron chi connectivity index (χ3n) is 5.09. The van der Waals surface area contributed by atoms with Crippen LogP contribution in [0.15, 0.2) is 42.6 Å². The second-order valence-corrected chi connectivity index (χ2v) is 7.04. The first-order valence-electron chi connectivity index (χ1n) is 8.99. The number of aromatic nitrogens is 2. The van der Waals surface area contributed by atoms with Crippen LogP contribution in [0.4, 0.5) is 4.39 Å². The Morgan fingerprint density at radius 3 is 2.43 bits per heavy atom. The van der Waals surface area contributed by atoms with Crippen LogP contribution in [0.25, 0.3) is 16.6 Å². The van der Waals surface area contributed by atoms with Gasteiger partial charge in [0.25, 0.3) is 5.91 Å². The van der Waals surface area contributed by atoms with E-state index in [9.17, 15) is 9.18 Å². The molecule has 8 heteroatoms. The Morgan fingerprint density at radius 2 is 1.79 bits per heavy atom. The SMILES string of the molecule is CN1CCN(Cc2ccc(-n3cc4c(F)ccc(C(N)=O)c4n3)cc2)CC1.Cl. The minimum Gasteiger partial charge on any atom is -0.366 e. The van der Waals surface area contributed by atoms with Gasteiger partial charge in [0.05, 0.1) is 16.6 Å². The third-order valence-corrected chi connectivity index (χ3v) is 5.09. The molecule has 1 aromatic heterocycles. The van der Waals surface area contributed by atoms with Crippen LogP contribution < -0.4 is 5.73 Å². The summed E-state index contributed by atoms with van der Waals surface area (Å²) in [6.45, 7) is 5.23. The fourth-order valence-electron chi connectivity index (χ4n) is 3.42. The summed E-state index contributed by atoms with van der Waals surface area (Å²) in [5, 5.41) is 4.66. The van der Waals surface area contributed by atoms with E-state index in [0.29, 0.717) is 0 Å². The average Bonchev–Trinajstić information content (AvgIpc) is 3.10. The molecule has 0 atom stereocenters. The van der Waals surface area contributed by atoms with E-state index in [-0.39, 0.29) is 28.9 Å². The zero-order valence-electron chi connectivity index (χ0n) is 15.6. The van der Waals surface area contributed by atoms with Gasteiger partial charge in [-0.15, -0.1) is 12.4 Å². The molecule has 0 saturated carbocycles. The lowest BCUT2D eigenvalue weighted by molar-refractivity contribution is 0.100. The number of benzene rings is 2. The number of rotatable bonds is 4. The number of piperazine rings is 1. The molecule has 2 aromatic carbocycles. The first kappa shape index (κ1) is 20.3. The highest BCUT2D eigenvalue weighted by Crippen LogP contribution is 2.22. The van der Waals surface area contributed by atoms with Gasteiger partial charge in [-0.3, -0.25) is 9.69 Å². The Hall–Kier alpha value is -2.48. The number of nitrogens with zero attached hydrogens (tertiary/aromatic N) is 4. The molecule has 4 rings (SSSR count). The fraction of sp³-hybridized carbons (Fsp3) is 0.300. The molecule has 0 unspecified atom stereocenters. The van der Waals surface area contributed by atoms with Gasteiger partial charge in [0.1, 0.15) is 11.3 Å². The Balaban J connectivity index is 0.00000225. The standard InChI is InChI=1S/C20H22FN5O.ClH/c1-24-8-10-25(11-9-24)12-14-2-4-15(5-3-14)26-13-17-18(21)7-6-16(20(22)27)19(17)23-26;/h2-7,13H,8-12H2,1H3,(H2,22,27);1H. The molecule has 0 aliphatic carbocycles. The number of primary amides is 1.